The van der Waals surface area contributed by atoms with Gasteiger partial charge in [-0.3, -0.25) is 0 Å². The second kappa shape index (κ2) is 123. The summed E-state index contributed by atoms with van der Waals surface area (Å²) in [6.45, 7) is 0. The molecule has 0 aromatic heterocycles. The number of hydrogen-bond donors (Lipinski definition) is 0. The SMILES string of the molecule is [Al+3].[Ca+2].[F-].[F-].[F-].[F-].[F-].[Li+].[Mg+2].[Na+]. The molecule has 0 atom stereocenters. The Hall–Kier alpha value is 3.81. The van der Waals surface area contributed by atoms with Crippen molar-refractivity contribution in [1.82, 2.24) is 0 Å². The van der Waals surface area contributed by atoms with E-state index >= 15 is 0 Å². The molecule has 0 nitrogen and oxygen atoms in total. The van der Waals surface area contributed by atoms with E-state index in [1.807, 2.05) is 0 Å². The Bertz CT molecular complexity index is 21.6. The topological polar surface area (TPSA) is 0 Å². The molecule has 0 unspecified atom stereocenters. The molecule has 0 spiro atoms. The molecule has 0 N–H and O–H groups in total. The molecule has 10 heteroatoms. The monoisotopic (exact) mass is 216 g/mol. The summed E-state index contributed by atoms with van der Waals surface area (Å²) >= 11 is 0. The maximum atomic E-state index is 0. The van der Waals surface area contributed by atoms with Gasteiger partial charge in [0, 0.05) is 0 Å². The molecule has 0 fully saturated rings. The molecule has 0 bridgehead atoms. The van der Waals surface area contributed by atoms with E-state index < -0.39 is 0 Å². The van der Waals surface area contributed by atoms with E-state index in [4.69, 9.17) is 0 Å². The molecule has 0 rings (SSSR count). The van der Waals surface area contributed by atoms with Crippen LogP contribution >= 0.6 is 0 Å². The largest absolute Gasteiger partial charge is 3.00 e. The Kier molecular flexibility index (Phi) is 1930. The summed E-state index contributed by atoms with van der Waals surface area (Å²) in [6.07, 6.45) is 0. The fourth-order valence-electron chi connectivity index (χ4n) is 0. The molecule has 0 aromatic rings. The second-order valence-electron chi connectivity index (χ2n) is 0. The van der Waals surface area contributed by atoms with E-state index in [0.717, 1.165) is 0 Å². The van der Waals surface area contributed by atoms with Gasteiger partial charge in [-0.15, -0.1) is 0 Å². The van der Waals surface area contributed by atoms with E-state index in [1.165, 1.54) is 0 Å². The Morgan fingerprint density at radius 3 is 0.600 bits per heavy atom. The summed E-state index contributed by atoms with van der Waals surface area (Å²) in [5.41, 5.74) is 0. The van der Waals surface area contributed by atoms with Crippen molar-refractivity contribution in [3.63, 3.8) is 0 Å². The maximum absolute atomic E-state index is 0. The van der Waals surface area contributed by atoms with Crippen LogP contribution in [0.25, 0.3) is 0 Å². The first-order valence-corrected chi connectivity index (χ1v) is 0. The molecule has 0 amide bonds. The van der Waals surface area contributed by atoms with Gasteiger partial charge in [0.1, 0.15) is 0 Å². The molecule has 0 aromatic carbocycles. The first-order chi connectivity index (χ1) is 0. The molecular weight excluding hydrogens is 216 g/mol. The van der Waals surface area contributed by atoms with Gasteiger partial charge < -0.3 is 23.5 Å². The standard InChI is InChI=1S/Al.Ca.5FH.Li.Mg.Na/h;;5*1H;;;/q+3;+2;;;;;;+1;+2;+1/p-5. The Morgan fingerprint density at radius 1 is 0.600 bits per heavy atom. The van der Waals surface area contributed by atoms with Crippen LogP contribution in [0.4, 0.5) is 0 Å². The second-order valence-corrected chi connectivity index (χ2v) is 0. The van der Waals surface area contributed by atoms with Gasteiger partial charge in [-0.25, -0.2) is 0 Å². The summed E-state index contributed by atoms with van der Waals surface area (Å²) in [5, 5.41) is 0. The van der Waals surface area contributed by atoms with Crippen molar-refractivity contribution < 1.29 is 71.9 Å². The number of hydrogen-bond acceptors (Lipinski definition) is 0. The maximum Gasteiger partial charge on any atom is 3.00 e. The third kappa shape index (κ3) is 95.2. The molecule has 0 radical (unpaired) electrons. The van der Waals surface area contributed by atoms with Crippen molar-refractivity contribution in [2.75, 3.05) is 0 Å². The predicted octanol–water partition coefficient (Wildman–Crippen LogP) is -22.1. The third-order valence-corrected chi connectivity index (χ3v) is 0. The summed E-state index contributed by atoms with van der Waals surface area (Å²) in [6, 6.07) is 0. The number of rotatable bonds is 0. The molecule has 0 heterocycles. The molecule has 0 aliphatic rings. The van der Waals surface area contributed by atoms with E-state index in [9.17, 15) is 0 Å². The predicted molar refractivity (Wildman–Crippen MR) is 17.3 cm³/mol. The first-order valence-electron chi connectivity index (χ1n) is 0. The van der Waals surface area contributed by atoms with Crippen molar-refractivity contribution in [2.45, 2.75) is 0 Å². The van der Waals surface area contributed by atoms with Gasteiger partial charge in [-0.2, -0.15) is 0 Å². The van der Waals surface area contributed by atoms with Gasteiger partial charge in [0.2, 0.25) is 0 Å². The fourth-order valence-corrected chi connectivity index (χ4v) is 0. The smallest absolute Gasteiger partial charge is 1.00 e. The molecule has 0 saturated heterocycles. The Labute approximate surface area is 147 Å². The molecule has 10 heavy (non-hydrogen) atoms. The molecule has 0 aliphatic heterocycles. The summed E-state index contributed by atoms with van der Waals surface area (Å²) in [5.74, 6) is 0. The zero-order valence-corrected chi connectivity index (χ0v) is 12.7. The summed E-state index contributed by atoms with van der Waals surface area (Å²) in [7, 11) is 0. The van der Waals surface area contributed by atoms with Gasteiger partial charge in [0.25, 0.3) is 0 Å². The van der Waals surface area contributed by atoms with Crippen molar-refractivity contribution in [3.05, 3.63) is 0 Å². The van der Waals surface area contributed by atoms with Crippen LogP contribution in [0.2, 0.25) is 0 Å². The van der Waals surface area contributed by atoms with Crippen LogP contribution < -0.4 is 71.9 Å². The van der Waals surface area contributed by atoms with E-state index in [2.05, 4.69) is 0 Å². The van der Waals surface area contributed by atoms with Crippen LogP contribution in [0.1, 0.15) is 0 Å². The Balaban J connectivity index is 0. The first kappa shape index (κ1) is 156. The van der Waals surface area contributed by atoms with Crippen molar-refractivity contribution >= 4 is 78.2 Å². The molecule has 0 saturated carbocycles. The van der Waals surface area contributed by atoms with E-state index in [0.29, 0.717) is 0 Å². The molecule has 40 valence electrons. The minimum Gasteiger partial charge on any atom is -1.00 e. The van der Waals surface area contributed by atoms with Crippen LogP contribution in [0.5, 0.6) is 0 Å². The van der Waals surface area contributed by atoms with Crippen molar-refractivity contribution in [1.29, 1.82) is 0 Å². The molecule has 0 aliphatic carbocycles. The van der Waals surface area contributed by atoms with Crippen LogP contribution in [0.15, 0.2) is 0 Å². The van der Waals surface area contributed by atoms with E-state index in [-0.39, 0.29) is 150 Å². The quantitative estimate of drug-likeness (QED) is 0.279. The van der Waals surface area contributed by atoms with Gasteiger partial charge in [0.15, 0.2) is 0 Å². The minimum absolute atomic E-state index is 0. The van der Waals surface area contributed by atoms with Gasteiger partial charge in [0.05, 0.1) is 0 Å². The average Bonchev–Trinajstić information content (AvgIpc) is 0. The average molecular weight is 216 g/mol. The minimum atomic E-state index is 0. The van der Waals surface area contributed by atoms with Gasteiger partial charge >= 0.3 is 127 Å². The van der Waals surface area contributed by atoms with Crippen molar-refractivity contribution in [2.24, 2.45) is 0 Å². The molecular formula is AlCaF5LiMgNa+4. The normalized spacial score (nSPS) is 0. The number of halogens is 5. The summed E-state index contributed by atoms with van der Waals surface area (Å²) < 4.78 is 0. The van der Waals surface area contributed by atoms with E-state index in [1.54, 1.807) is 0 Å². The van der Waals surface area contributed by atoms with Gasteiger partial charge in [-0.05, 0) is 0 Å². The fraction of sp³-hybridized carbons (Fsp3) is 0. The van der Waals surface area contributed by atoms with Crippen LogP contribution in [0, 0.1) is 0 Å². The van der Waals surface area contributed by atoms with Crippen LogP contribution in [-0.2, 0) is 0 Å². The third-order valence-electron chi connectivity index (χ3n) is 0. The van der Waals surface area contributed by atoms with Crippen LogP contribution in [0.3, 0.4) is 0 Å². The zero-order chi connectivity index (χ0) is 0. The summed E-state index contributed by atoms with van der Waals surface area (Å²) in [4.78, 5) is 0. The Morgan fingerprint density at radius 2 is 0.600 bits per heavy atom. The van der Waals surface area contributed by atoms with Gasteiger partial charge in [-0.1, -0.05) is 0 Å². The van der Waals surface area contributed by atoms with Crippen LogP contribution in [-0.4, -0.2) is 78.2 Å². The zero-order valence-electron chi connectivity index (χ0n) is 5.88. The van der Waals surface area contributed by atoms with Crippen molar-refractivity contribution in [3.8, 4) is 0 Å².